The van der Waals surface area contributed by atoms with Crippen LogP contribution in [0.4, 0.5) is 5.00 Å². The first-order valence-electron chi connectivity index (χ1n) is 11.4. The van der Waals surface area contributed by atoms with E-state index in [1.54, 1.807) is 13.0 Å². The summed E-state index contributed by atoms with van der Waals surface area (Å²) < 4.78 is 12.7. The molecule has 0 aliphatic carbocycles. The van der Waals surface area contributed by atoms with Crippen LogP contribution in [-0.4, -0.2) is 45.4 Å². The van der Waals surface area contributed by atoms with Gasteiger partial charge in [0.25, 0.3) is 5.91 Å². The number of carbonyl (C=O) groups excluding carboxylic acids is 3. The van der Waals surface area contributed by atoms with Crippen LogP contribution in [0.5, 0.6) is 5.75 Å². The molecule has 0 aliphatic heterocycles. The molecule has 0 radical (unpaired) electrons. The number of thiophene rings is 1. The number of hydrogen-bond donors (Lipinski definition) is 2. The third-order valence-corrected chi connectivity index (χ3v) is 7.60. The lowest BCUT2D eigenvalue weighted by Gasteiger charge is -2.16. The maximum absolute atomic E-state index is 12.7. The normalized spacial score (nSPS) is 11.6. The van der Waals surface area contributed by atoms with E-state index in [2.05, 4.69) is 29.0 Å². The lowest BCUT2D eigenvalue weighted by atomic mass is 10.1. The lowest BCUT2D eigenvalue weighted by molar-refractivity contribution is -0.113. The van der Waals surface area contributed by atoms with Crippen molar-refractivity contribution in [2.75, 3.05) is 18.2 Å². The molecule has 0 fully saturated rings. The topological polar surface area (TPSA) is 138 Å². The van der Waals surface area contributed by atoms with Crippen molar-refractivity contribution in [3.05, 3.63) is 64.3 Å². The molecular weight excluding hydrogens is 514 g/mol. The van der Waals surface area contributed by atoms with E-state index in [4.69, 9.17) is 15.2 Å². The molecule has 0 saturated carbocycles. The van der Waals surface area contributed by atoms with E-state index in [9.17, 15) is 14.4 Å². The smallest absolute Gasteiger partial charge is 0.341 e. The van der Waals surface area contributed by atoms with E-state index in [0.29, 0.717) is 23.1 Å². The van der Waals surface area contributed by atoms with Crippen molar-refractivity contribution in [2.45, 2.75) is 45.0 Å². The summed E-state index contributed by atoms with van der Waals surface area (Å²) in [7, 11) is 1.22. The molecule has 37 heavy (non-hydrogen) atoms. The highest BCUT2D eigenvalue weighted by Gasteiger charge is 2.26. The Hall–Kier alpha value is -3.64. The van der Waals surface area contributed by atoms with Crippen molar-refractivity contribution in [1.82, 2.24) is 14.8 Å². The largest absolute Gasteiger partial charge is 0.483 e. The molecule has 0 saturated heterocycles. The monoisotopic (exact) mass is 543 g/mol. The van der Waals surface area contributed by atoms with E-state index in [0.717, 1.165) is 23.5 Å². The van der Waals surface area contributed by atoms with Crippen molar-refractivity contribution in [3.63, 3.8) is 0 Å². The number of allylic oxidation sites excluding steroid dienone is 1. The van der Waals surface area contributed by atoms with Crippen LogP contribution < -0.4 is 15.8 Å². The molecule has 1 unspecified atom stereocenters. The minimum Gasteiger partial charge on any atom is -0.483 e. The number of primary amides is 1. The summed E-state index contributed by atoms with van der Waals surface area (Å²) in [4.78, 5) is 36.9. The molecule has 2 aromatic heterocycles. The summed E-state index contributed by atoms with van der Waals surface area (Å²) >= 11 is 2.10. The van der Waals surface area contributed by atoms with Gasteiger partial charge in [-0.25, -0.2) is 4.79 Å². The van der Waals surface area contributed by atoms with Gasteiger partial charge < -0.3 is 20.5 Å². The Morgan fingerprint density at radius 1 is 1.27 bits per heavy atom. The molecule has 10 nitrogen and oxygen atoms in total. The average Bonchev–Trinajstić information content (AvgIpc) is 3.43. The van der Waals surface area contributed by atoms with Crippen molar-refractivity contribution in [2.24, 2.45) is 5.73 Å². The Balaban J connectivity index is 1.73. The highest BCUT2D eigenvalue weighted by Crippen LogP contribution is 2.34. The van der Waals surface area contributed by atoms with Gasteiger partial charge in [-0.1, -0.05) is 36.9 Å². The number of anilines is 1. The summed E-state index contributed by atoms with van der Waals surface area (Å²) in [5, 5.41) is 11.9. The number of nitrogens with one attached hydrogen (secondary N) is 1. The van der Waals surface area contributed by atoms with Gasteiger partial charge in [-0.2, -0.15) is 0 Å². The number of amides is 2. The summed E-state index contributed by atoms with van der Waals surface area (Å²) in [5.41, 5.74) is 7.09. The van der Waals surface area contributed by atoms with Crippen molar-refractivity contribution in [3.8, 4) is 5.75 Å². The number of aryl methyl sites for hydroxylation is 1. The maximum atomic E-state index is 12.7. The highest BCUT2D eigenvalue weighted by molar-refractivity contribution is 7.99. The molecule has 196 valence electrons. The van der Waals surface area contributed by atoms with Gasteiger partial charge in [-0.3, -0.25) is 14.2 Å². The number of benzene rings is 1. The second kappa shape index (κ2) is 12.5. The summed E-state index contributed by atoms with van der Waals surface area (Å²) in [6.45, 7) is 9.77. The van der Waals surface area contributed by atoms with Gasteiger partial charge in [0.2, 0.25) is 5.91 Å². The number of nitrogens with zero attached hydrogens (tertiary/aromatic N) is 3. The van der Waals surface area contributed by atoms with Gasteiger partial charge in [-0.15, -0.1) is 28.1 Å². The first-order valence-corrected chi connectivity index (χ1v) is 13.2. The summed E-state index contributed by atoms with van der Waals surface area (Å²) in [5.74, 6) is -0.470. The SMILES string of the molecule is C=CCn1c(SCC(=O)Nc2sc(C(N)=O)c(C)c2C(=O)OC)nnc1C(C)Oc1ccc(CC)cc1. The number of esters is 1. The number of rotatable bonds is 12. The van der Waals surface area contributed by atoms with Crippen LogP contribution in [0.25, 0.3) is 0 Å². The van der Waals surface area contributed by atoms with Crippen LogP contribution in [-0.2, 0) is 22.5 Å². The molecule has 12 heteroatoms. The predicted molar refractivity (Wildman–Crippen MR) is 143 cm³/mol. The van der Waals surface area contributed by atoms with Gasteiger partial charge in [0.1, 0.15) is 10.8 Å². The van der Waals surface area contributed by atoms with E-state index in [-0.39, 0.29) is 21.2 Å². The molecule has 3 aromatic rings. The molecular formula is C25H29N5O5S2. The first kappa shape index (κ1) is 27.9. The predicted octanol–water partition coefficient (Wildman–Crippen LogP) is 4.15. The number of nitrogens with two attached hydrogens (primary N) is 1. The molecule has 0 aliphatic rings. The van der Waals surface area contributed by atoms with E-state index in [1.165, 1.54) is 24.4 Å². The Morgan fingerprint density at radius 2 is 1.97 bits per heavy atom. The molecule has 1 aromatic carbocycles. The zero-order valence-electron chi connectivity index (χ0n) is 21.1. The second-order valence-electron chi connectivity index (χ2n) is 7.95. The van der Waals surface area contributed by atoms with E-state index in [1.807, 2.05) is 35.8 Å². The van der Waals surface area contributed by atoms with Gasteiger partial charge >= 0.3 is 5.97 Å². The molecule has 0 spiro atoms. The average molecular weight is 544 g/mol. The molecule has 2 heterocycles. The van der Waals surface area contributed by atoms with Gasteiger partial charge in [-0.05, 0) is 43.5 Å². The standard InChI is InChI=1S/C25H29N5O5S2/c1-6-12-30-22(15(4)35-17-10-8-16(7-2)9-11-17)28-29-25(30)36-13-18(31)27-23-19(24(33)34-5)14(3)20(37-23)21(26)32/h6,8-11,15H,1,7,12-13H2,2-5H3,(H2,26,32)(H,27,31). The maximum Gasteiger partial charge on any atom is 0.341 e. The third kappa shape index (κ3) is 6.57. The van der Waals surface area contributed by atoms with Crippen LogP contribution in [0.15, 0.2) is 42.1 Å². The number of methoxy groups -OCH3 is 1. The van der Waals surface area contributed by atoms with Crippen LogP contribution in [0, 0.1) is 6.92 Å². The molecule has 3 rings (SSSR count). The number of hydrogen-bond acceptors (Lipinski definition) is 9. The second-order valence-corrected chi connectivity index (χ2v) is 9.91. The van der Waals surface area contributed by atoms with Crippen LogP contribution in [0.1, 0.15) is 56.9 Å². The number of ether oxygens (including phenoxy) is 2. The van der Waals surface area contributed by atoms with Crippen LogP contribution in [0.2, 0.25) is 0 Å². The fourth-order valence-electron chi connectivity index (χ4n) is 3.55. The number of carbonyl (C=O) groups is 3. The quantitative estimate of drug-likeness (QED) is 0.197. The van der Waals surface area contributed by atoms with Gasteiger partial charge in [0.05, 0.1) is 23.3 Å². The minimum absolute atomic E-state index is 0.0214. The third-order valence-electron chi connectivity index (χ3n) is 5.41. The summed E-state index contributed by atoms with van der Waals surface area (Å²) in [6.07, 6.45) is 2.26. The molecule has 0 bridgehead atoms. The minimum atomic E-state index is -0.690. The Kier molecular flexibility index (Phi) is 9.48. The lowest BCUT2D eigenvalue weighted by Crippen LogP contribution is -2.17. The van der Waals surface area contributed by atoms with Gasteiger partial charge in [0, 0.05) is 6.54 Å². The summed E-state index contributed by atoms with van der Waals surface area (Å²) in [6, 6.07) is 7.87. The molecule has 2 amide bonds. The van der Waals surface area contributed by atoms with Crippen molar-refractivity contribution >= 4 is 45.9 Å². The fourth-order valence-corrected chi connectivity index (χ4v) is 5.36. The molecule has 1 atom stereocenters. The molecule has 3 N–H and O–H groups in total. The zero-order valence-corrected chi connectivity index (χ0v) is 22.7. The fraction of sp³-hybridized carbons (Fsp3) is 0.320. The number of thioether (sulfide) groups is 1. The highest BCUT2D eigenvalue weighted by atomic mass is 32.2. The Bertz CT molecular complexity index is 1300. The van der Waals surface area contributed by atoms with Crippen molar-refractivity contribution in [1.29, 1.82) is 0 Å². The Morgan fingerprint density at radius 3 is 2.57 bits per heavy atom. The van der Waals surface area contributed by atoms with Crippen molar-refractivity contribution < 1.29 is 23.9 Å². The van der Waals surface area contributed by atoms with Crippen LogP contribution in [0.3, 0.4) is 0 Å². The van der Waals surface area contributed by atoms with Gasteiger partial charge in [0.15, 0.2) is 17.1 Å². The van der Waals surface area contributed by atoms with Crippen LogP contribution >= 0.6 is 23.1 Å². The van der Waals surface area contributed by atoms with E-state index < -0.39 is 23.9 Å². The zero-order chi connectivity index (χ0) is 27.1. The Labute approximate surface area is 223 Å². The number of aromatic nitrogens is 3. The first-order chi connectivity index (χ1) is 17.7. The van der Waals surface area contributed by atoms with E-state index >= 15 is 0 Å².